The Morgan fingerprint density at radius 1 is 1.47 bits per heavy atom. The van der Waals surface area contributed by atoms with E-state index in [1.165, 1.54) is 7.11 Å². The third-order valence-electron chi connectivity index (χ3n) is 2.23. The van der Waals surface area contributed by atoms with Crippen LogP contribution in [0.25, 0.3) is 0 Å². The molecule has 2 rings (SSSR count). The molecule has 19 heavy (non-hydrogen) atoms. The monoisotopic (exact) mass is 300 g/mol. The van der Waals surface area contributed by atoms with Crippen molar-refractivity contribution in [1.82, 2.24) is 0 Å². The number of nitrogens with zero attached hydrogens (tertiary/aromatic N) is 2. The van der Waals surface area contributed by atoms with Gasteiger partial charge < -0.3 is 9.57 Å². The van der Waals surface area contributed by atoms with Crippen LogP contribution < -0.4 is 4.74 Å². The number of oxime groups is 1. The number of ether oxygens (including phenoxy) is 1. The molecule has 6 nitrogen and oxygen atoms in total. The molecule has 0 spiro atoms. The second-order valence-electron chi connectivity index (χ2n) is 3.69. The first-order valence-electron chi connectivity index (χ1n) is 5.32. The Morgan fingerprint density at radius 3 is 2.89 bits per heavy atom. The van der Waals surface area contributed by atoms with Crippen molar-refractivity contribution in [2.45, 2.75) is 6.92 Å². The number of thioether (sulfide) groups is 1. The van der Waals surface area contributed by atoms with Crippen LogP contribution in [0, 0.1) is 0 Å². The van der Waals surface area contributed by atoms with Gasteiger partial charge in [0.05, 0.1) is 5.71 Å². The van der Waals surface area contributed by atoms with Gasteiger partial charge in [0.1, 0.15) is 17.9 Å². The molecular weight excluding hydrogens is 288 g/mol. The highest BCUT2D eigenvalue weighted by atomic mass is 32.3. The summed E-state index contributed by atoms with van der Waals surface area (Å²) in [6, 6.07) is 7.10. The van der Waals surface area contributed by atoms with Gasteiger partial charge >= 0.3 is 0 Å². The summed E-state index contributed by atoms with van der Waals surface area (Å²) in [5.74, 6) is 0.506. The maximum absolute atomic E-state index is 11.2. The lowest BCUT2D eigenvalue weighted by molar-refractivity contribution is 0.213. The SMILES string of the molecule is CON=C(C)c1cccc(OC2=NS(=O)(=O)CS2)c1. The zero-order chi connectivity index (χ0) is 13.9. The Hall–Kier alpha value is -1.54. The van der Waals surface area contributed by atoms with Crippen LogP contribution in [0.3, 0.4) is 0 Å². The van der Waals surface area contributed by atoms with Crippen LogP contribution in [0.15, 0.2) is 33.8 Å². The van der Waals surface area contributed by atoms with E-state index in [-0.39, 0.29) is 10.3 Å². The molecule has 0 fully saturated rings. The molecule has 0 aromatic heterocycles. The molecule has 0 radical (unpaired) electrons. The van der Waals surface area contributed by atoms with Gasteiger partial charge in [0.2, 0.25) is 0 Å². The summed E-state index contributed by atoms with van der Waals surface area (Å²) in [6.45, 7) is 1.80. The number of benzene rings is 1. The first-order chi connectivity index (χ1) is 9.00. The number of hydrogen-bond acceptors (Lipinski definition) is 6. The van der Waals surface area contributed by atoms with Crippen molar-refractivity contribution in [2.75, 3.05) is 12.2 Å². The molecule has 0 amide bonds. The predicted octanol–water partition coefficient (Wildman–Crippen LogP) is 1.83. The van der Waals surface area contributed by atoms with Crippen molar-refractivity contribution >= 4 is 32.7 Å². The maximum atomic E-state index is 11.2. The molecule has 0 unspecified atom stereocenters. The number of hydrogen-bond donors (Lipinski definition) is 0. The summed E-state index contributed by atoms with van der Waals surface area (Å²) in [5.41, 5.74) is 1.52. The molecule has 1 aliphatic rings. The molecule has 1 aromatic rings. The van der Waals surface area contributed by atoms with Crippen LogP contribution in [0.4, 0.5) is 0 Å². The van der Waals surface area contributed by atoms with Crippen molar-refractivity contribution in [3.05, 3.63) is 29.8 Å². The molecule has 1 aliphatic heterocycles. The Balaban J connectivity index is 2.19. The second-order valence-corrected chi connectivity index (χ2v) is 6.62. The first-order valence-corrected chi connectivity index (χ1v) is 7.91. The molecule has 0 atom stereocenters. The summed E-state index contributed by atoms with van der Waals surface area (Å²) in [6.07, 6.45) is 0. The number of rotatable bonds is 3. The van der Waals surface area contributed by atoms with Crippen molar-refractivity contribution < 1.29 is 18.0 Å². The van der Waals surface area contributed by atoms with Gasteiger partial charge in [0, 0.05) is 5.56 Å². The van der Waals surface area contributed by atoms with E-state index < -0.39 is 10.0 Å². The highest BCUT2D eigenvalue weighted by molar-refractivity contribution is 8.24. The fraction of sp³-hybridized carbons (Fsp3) is 0.273. The third-order valence-corrected chi connectivity index (χ3v) is 4.87. The van der Waals surface area contributed by atoms with Crippen LogP contribution in [0.5, 0.6) is 5.75 Å². The lowest BCUT2D eigenvalue weighted by atomic mass is 10.1. The number of sulfonamides is 1. The van der Waals surface area contributed by atoms with Crippen molar-refractivity contribution in [1.29, 1.82) is 0 Å². The molecule has 102 valence electrons. The van der Waals surface area contributed by atoms with E-state index in [2.05, 4.69) is 9.55 Å². The first kappa shape index (κ1) is 13.9. The van der Waals surface area contributed by atoms with Crippen molar-refractivity contribution in [2.24, 2.45) is 9.55 Å². The molecular formula is C11H12N2O4S2. The van der Waals surface area contributed by atoms with Crippen LogP contribution in [0.2, 0.25) is 0 Å². The Kier molecular flexibility index (Phi) is 4.11. The van der Waals surface area contributed by atoms with E-state index in [1.54, 1.807) is 25.1 Å². The Bertz CT molecular complexity index is 638. The average Bonchev–Trinajstić information content (AvgIpc) is 2.69. The van der Waals surface area contributed by atoms with Crippen molar-refractivity contribution in [3.63, 3.8) is 0 Å². The predicted molar refractivity (Wildman–Crippen MR) is 75.1 cm³/mol. The van der Waals surface area contributed by atoms with Gasteiger partial charge in [0.25, 0.3) is 15.3 Å². The molecule has 0 N–H and O–H groups in total. The molecule has 0 saturated carbocycles. The summed E-state index contributed by atoms with van der Waals surface area (Å²) in [7, 11) is -1.90. The van der Waals surface area contributed by atoms with E-state index in [0.717, 1.165) is 17.3 Å². The molecule has 1 heterocycles. The van der Waals surface area contributed by atoms with E-state index in [1.807, 2.05) is 6.07 Å². The highest BCUT2D eigenvalue weighted by Crippen LogP contribution is 2.23. The summed E-state index contributed by atoms with van der Waals surface area (Å²) < 4.78 is 31.3. The minimum absolute atomic E-state index is 0.0772. The largest absolute Gasteiger partial charge is 0.433 e. The fourth-order valence-electron chi connectivity index (χ4n) is 1.41. The van der Waals surface area contributed by atoms with Gasteiger partial charge in [-0.1, -0.05) is 17.3 Å². The van der Waals surface area contributed by atoms with E-state index >= 15 is 0 Å². The zero-order valence-corrected chi connectivity index (χ0v) is 12.0. The standard InChI is InChI=1S/C11H12N2O4S2/c1-8(12-16-2)9-4-3-5-10(6-9)17-11-13-19(14,15)7-18-11/h3-6H,7H2,1-2H3. The quantitative estimate of drug-likeness (QED) is 0.628. The minimum atomic E-state index is -3.37. The van der Waals surface area contributed by atoms with Gasteiger partial charge in [-0.2, -0.15) is 0 Å². The van der Waals surface area contributed by atoms with Gasteiger partial charge in [0.15, 0.2) is 0 Å². The lowest BCUT2D eigenvalue weighted by Crippen LogP contribution is -2.02. The fourth-order valence-corrected chi connectivity index (χ4v) is 3.60. The van der Waals surface area contributed by atoms with E-state index in [4.69, 9.17) is 9.57 Å². The highest BCUT2D eigenvalue weighted by Gasteiger charge is 2.22. The molecule has 0 aliphatic carbocycles. The smallest absolute Gasteiger partial charge is 0.268 e. The normalized spacial score (nSPS) is 18.0. The van der Waals surface area contributed by atoms with Gasteiger partial charge in [-0.05, 0) is 30.8 Å². The zero-order valence-electron chi connectivity index (χ0n) is 10.4. The topological polar surface area (TPSA) is 77.3 Å². The van der Waals surface area contributed by atoms with Crippen LogP contribution >= 0.6 is 11.8 Å². The molecule has 0 bridgehead atoms. The van der Waals surface area contributed by atoms with Gasteiger partial charge in [-0.25, -0.2) is 8.42 Å². The van der Waals surface area contributed by atoms with Crippen LogP contribution in [0.1, 0.15) is 12.5 Å². The summed E-state index contributed by atoms with van der Waals surface area (Å²) in [5, 5.41) is 3.88. The molecule has 1 aromatic carbocycles. The molecule has 8 heteroatoms. The van der Waals surface area contributed by atoms with Crippen LogP contribution in [-0.2, 0) is 14.9 Å². The van der Waals surface area contributed by atoms with E-state index in [0.29, 0.717) is 11.5 Å². The Labute approximate surface area is 115 Å². The lowest BCUT2D eigenvalue weighted by Gasteiger charge is -2.05. The molecule has 0 saturated heterocycles. The van der Waals surface area contributed by atoms with Crippen LogP contribution in [-0.4, -0.2) is 31.6 Å². The second kappa shape index (κ2) is 5.62. The van der Waals surface area contributed by atoms with Gasteiger partial charge in [-0.3, -0.25) is 0 Å². The van der Waals surface area contributed by atoms with E-state index in [9.17, 15) is 8.42 Å². The van der Waals surface area contributed by atoms with Crippen molar-refractivity contribution in [3.8, 4) is 5.75 Å². The maximum Gasteiger partial charge on any atom is 0.268 e. The minimum Gasteiger partial charge on any atom is -0.433 e. The summed E-state index contributed by atoms with van der Waals surface area (Å²) >= 11 is 1.05. The Morgan fingerprint density at radius 2 is 2.26 bits per heavy atom. The third kappa shape index (κ3) is 3.71. The average molecular weight is 300 g/mol. The summed E-state index contributed by atoms with van der Waals surface area (Å²) in [4.78, 5) is 4.70. The van der Waals surface area contributed by atoms with Gasteiger partial charge in [-0.15, -0.1) is 4.40 Å².